The maximum absolute atomic E-state index is 8.67. The molecule has 12 heavy (non-hydrogen) atoms. The topological polar surface area (TPSA) is 35.5 Å². The van der Waals surface area contributed by atoms with E-state index in [1.165, 1.54) is 0 Å². The van der Waals surface area contributed by atoms with Gasteiger partial charge in [-0.2, -0.15) is 0 Å². The second kappa shape index (κ2) is 4.87. The highest BCUT2D eigenvalue weighted by Crippen LogP contribution is 2.04. The Balaban J connectivity index is 2.18. The van der Waals surface area contributed by atoms with Crippen molar-refractivity contribution in [3.8, 4) is 0 Å². The molecule has 1 rings (SSSR count). The second-order valence-corrected chi connectivity index (χ2v) is 3.88. The highest BCUT2D eigenvalue weighted by Gasteiger charge is 2.19. The minimum atomic E-state index is 0.230. The van der Waals surface area contributed by atoms with Crippen molar-refractivity contribution in [3.05, 3.63) is 0 Å². The molecule has 70 valence electrons. The summed E-state index contributed by atoms with van der Waals surface area (Å²) in [6, 6.07) is 0.494. The summed E-state index contributed by atoms with van der Waals surface area (Å²) in [5.41, 5.74) is 0. The lowest BCUT2D eigenvalue weighted by atomic mass is 10.2. The van der Waals surface area contributed by atoms with E-state index in [-0.39, 0.29) is 6.61 Å². The Morgan fingerprint density at radius 2 is 2.50 bits per heavy atom. The van der Waals surface area contributed by atoms with Gasteiger partial charge in [0, 0.05) is 30.5 Å². The Labute approximate surface area is 78.8 Å². The van der Waals surface area contributed by atoms with E-state index in [9.17, 15) is 0 Å². The fourth-order valence-corrected chi connectivity index (χ4v) is 1.73. The molecule has 0 radical (unpaired) electrons. The quantitative estimate of drug-likeness (QED) is 0.591. The lowest BCUT2D eigenvalue weighted by Crippen LogP contribution is -2.36. The molecule has 1 fully saturated rings. The molecular formula is C8H16N2OS. The summed E-state index contributed by atoms with van der Waals surface area (Å²) in [6.07, 6.45) is 1.01. The molecule has 1 saturated heterocycles. The third kappa shape index (κ3) is 3.15. The van der Waals surface area contributed by atoms with Crippen molar-refractivity contribution in [1.29, 1.82) is 0 Å². The van der Waals surface area contributed by atoms with E-state index in [1.54, 1.807) is 0 Å². The third-order valence-corrected chi connectivity index (χ3v) is 2.39. The fourth-order valence-electron chi connectivity index (χ4n) is 1.44. The summed E-state index contributed by atoms with van der Waals surface area (Å²) in [5.74, 6) is 0. The molecule has 0 bridgehead atoms. The van der Waals surface area contributed by atoms with E-state index >= 15 is 0 Å². The number of nitrogens with zero attached hydrogens (tertiary/aromatic N) is 1. The number of likely N-dealkylation sites (N-methyl/N-ethyl adjacent to an activating group) is 1. The average molecular weight is 188 g/mol. The van der Waals surface area contributed by atoms with Crippen molar-refractivity contribution >= 4 is 17.1 Å². The summed E-state index contributed by atoms with van der Waals surface area (Å²) in [5, 5.41) is 12.0. The third-order valence-electron chi connectivity index (χ3n) is 2.08. The molecule has 0 saturated carbocycles. The van der Waals surface area contributed by atoms with Gasteiger partial charge in [0.2, 0.25) is 0 Å². The number of nitrogens with one attached hydrogen (secondary N) is 1. The highest BCUT2D eigenvalue weighted by molar-refractivity contribution is 7.80. The van der Waals surface area contributed by atoms with Crippen LogP contribution in [-0.2, 0) is 0 Å². The van der Waals surface area contributed by atoms with Crippen molar-refractivity contribution < 1.29 is 5.11 Å². The van der Waals surface area contributed by atoms with Gasteiger partial charge in [-0.15, -0.1) is 0 Å². The summed E-state index contributed by atoms with van der Waals surface area (Å²) in [4.78, 5) is 3.24. The molecule has 0 aromatic carbocycles. The van der Waals surface area contributed by atoms with Crippen LogP contribution in [0.25, 0.3) is 0 Å². The largest absolute Gasteiger partial charge is 0.395 e. The van der Waals surface area contributed by atoms with Crippen molar-refractivity contribution in [2.24, 2.45) is 0 Å². The molecule has 0 aromatic rings. The Bertz CT molecular complexity index is 163. The summed E-state index contributed by atoms with van der Waals surface area (Å²) in [6.45, 7) is 2.83. The van der Waals surface area contributed by atoms with Crippen molar-refractivity contribution in [2.45, 2.75) is 12.5 Å². The van der Waals surface area contributed by atoms with Crippen molar-refractivity contribution in [2.75, 3.05) is 33.3 Å². The molecule has 1 heterocycles. The van der Waals surface area contributed by atoms with Gasteiger partial charge >= 0.3 is 0 Å². The van der Waals surface area contributed by atoms with Crippen LogP contribution in [0.15, 0.2) is 0 Å². The minimum Gasteiger partial charge on any atom is -0.395 e. The molecule has 0 aromatic heterocycles. The van der Waals surface area contributed by atoms with Gasteiger partial charge in [0.1, 0.15) is 0 Å². The van der Waals surface area contributed by atoms with E-state index in [1.807, 2.05) is 7.05 Å². The Kier molecular flexibility index (Phi) is 4.08. The zero-order valence-electron chi connectivity index (χ0n) is 7.42. The van der Waals surface area contributed by atoms with E-state index in [0.717, 1.165) is 30.9 Å². The lowest BCUT2D eigenvalue weighted by molar-refractivity contribution is 0.212. The number of thiocarbonyl (C=S) groups is 1. The van der Waals surface area contributed by atoms with Gasteiger partial charge < -0.3 is 15.3 Å². The number of rotatable bonds is 4. The minimum absolute atomic E-state index is 0.230. The number of aliphatic hydroxyl groups excluding tert-OH is 1. The van der Waals surface area contributed by atoms with Crippen LogP contribution >= 0.6 is 12.2 Å². The molecular weight excluding hydrogens is 172 g/mol. The number of hydrogen-bond donors (Lipinski definition) is 2. The number of aliphatic hydroxyl groups is 1. The predicted octanol–water partition coefficient (Wildman–Crippen LogP) is -0.358. The summed E-state index contributed by atoms with van der Waals surface area (Å²) in [7, 11) is 2.01. The predicted molar refractivity (Wildman–Crippen MR) is 53.6 cm³/mol. The molecule has 1 aliphatic heterocycles. The van der Waals surface area contributed by atoms with Crippen LogP contribution in [0.1, 0.15) is 6.42 Å². The Morgan fingerprint density at radius 1 is 1.75 bits per heavy atom. The average Bonchev–Trinajstić information content (AvgIpc) is 2.36. The maximum Gasteiger partial charge on any atom is 0.0558 e. The molecule has 1 atom stereocenters. The highest BCUT2D eigenvalue weighted by atomic mass is 32.1. The monoisotopic (exact) mass is 188 g/mol. The summed E-state index contributed by atoms with van der Waals surface area (Å²) < 4.78 is 0. The first kappa shape index (κ1) is 10.1. The zero-order chi connectivity index (χ0) is 8.97. The van der Waals surface area contributed by atoms with Crippen LogP contribution in [0, 0.1) is 0 Å². The van der Waals surface area contributed by atoms with Gasteiger partial charge in [0.05, 0.1) is 6.61 Å². The molecule has 2 N–H and O–H groups in total. The molecule has 3 nitrogen and oxygen atoms in total. The van der Waals surface area contributed by atoms with Gasteiger partial charge in [0.25, 0.3) is 0 Å². The van der Waals surface area contributed by atoms with Gasteiger partial charge in [-0.25, -0.2) is 0 Å². The van der Waals surface area contributed by atoms with E-state index in [4.69, 9.17) is 17.3 Å². The van der Waals surface area contributed by atoms with Crippen LogP contribution in [0.2, 0.25) is 0 Å². The first-order valence-electron chi connectivity index (χ1n) is 4.27. The summed E-state index contributed by atoms with van der Waals surface area (Å²) >= 11 is 5.08. The van der Waals surface area contributed by atoms with Crippen molar-refractivity contribution in [1.82, 2.24) is 10.2 Å². The molecule has 0 aliphatic carbocycles. The molecule has 4 heteroatoms. The van der Waals surface area contributed by atoms with Crippen molar-refractivity contribution in [3.63, 3.8) is 0 Å². The van der Waals surface area contributed by atoms with Crippen LogP contribution in [0.4, 0.5) is 0 Å². The number of hydrogen-bond acceptors (Lipinski definition) is 4. The van der Waals surface area contributed by atoms with Gasteiger partial charge in [-0.3, -0.25) is 0 Å². The smallest absolute Gasteiger partial charge is 0.0558 e. The molecule has 0 amide bonds. The molecule has 1 unspecified atom stereocenters. The van der Waals surface area contributed by atoms with Gasteiger partial charge in [0.15, 0.2) is 0 Å². The van der Waals surface area contributed by atoms with E-state index in [0.29, 0.717) is 6.04 Å². The van der Waals surface area contributed by atoms with E-state index < -0.39 is 0 Å². The Morgan fingerprint density at radius 3 is 3.00 bits per heavy atom. The SMILES string of the molecule is CN(CCO)CC1CC(=S)CN1. The van der Waals surface area contributed by atoms with Crippen LogP contribution in [0.3, 0.4) is 0 Å². The van der Waals surface area contributed by atoms with Crippen LogP contribution in [-0.4, -0.2) is 54.2 Å². The van der Waals surface area contributed by atoms with E-state index in [2.05, 4.69) is 10.2 Å². The zero-order valence-corrected chi connectivity index (χ0v) is 8.23. The first-order chi connectivity index (χ1) is 5.72. The molecule has 0 spiro atoms. The first-order valence-corrected chi connectivity index (χ1v) is 4.67. The Hall–Kier alpha value is -0.0300. The maximum atomic E-state index is 8.67. The standard InChI is InChI=1S/C8H16N2OS/c1-10(2-3-11)6-7-4-8(12)5-9-7/h7,9,11H,2-6H2,1H3. The van der Waals surface area contributed by atoms with Gasteiger partial charge in [-0.05, 0) is 13.5 Å². The normalized spacial score (nSPS) is 23.9. The van der Waals surface area contributed by atoms with Crippen LogP contribution < -0.4 is 5.32 Å². The van der Waals surface area contributed by atoms with Crippen LogP contribution in [0.5, 0.6) is 0 Å². The van der Waals surface area contributed by atoms with Gasteiger partial charge in [-0.1, -0.05) is 12.2 Å². The molecule has 1 aliphatic rings. The lowest BCUT2D eigenvalue weighted by Gasteiger charge is -2.19. The fraction of sp³-hybridized carbons (Fsp3) is 0.875. The second-order valence-electron chi connectivity index (χ2n) is 3.31.